The Hall–Kier alpha value is -3.38. The highest BCUT2D eigenvalue weighted by Gasteiger charge is 2.28. The second kappa shape index (κ2) is 9.18. The zero-order chi connectivity index (χ0) is 21.8. The van der Waals surface area contributed by atoms with E-state index in [1.165, 1.54) is 11.1 Å². The van der Waals surface area contributed by atoms with Gasteiger partial charge in [0, 0.05) is 25.3 Å². The SMILES string of the molecule is Cc1ccc(NC(=O)C(=O)NCC(c2ccco2)N2CCc3ccccc3C2)c(C)c1. The van der Waals surface area contributed by atoms with Gasteiger partial charge in [-0.3, -0.25) is 14.5 Å². The van der Waals surface area contributed by atoms with Crippen molar-refractivity contribution in [1.29, 1.82) is 0 Å². The molecule has 6 heteroatoms. The Kier molecular flexibility index (Phi) is 6.18. The highest BCUT2D eigenvalue weighted by molar-refractivity contribution is 6.39. The number of hydrogen-bond donors (Lipinski definition) is 2. The molecule has 1 atom stereocenters. The minimum absolute atomic E-state index is 0.152. The smallest absolute Gasteiger partial charge is 0.313 e. The summed E-state index contributed by atoms with van der Waals surface area (Å²) in [7, 11) is 0. The van der Waals surface area contributed by atoms with Crippen LogP contribution < -0.4 is 10.6 Å². The van der Waals surface area contributed by atoms with Crippen molar-refractivity contribution >= 4 is 17.5 Å². The van der Waals surface area contributed by atoms with Crippen LogP contribution in [0.15, 0.2) is 65.3 Å². The second-order valence-electron chi connectivity index (χ2n) is 8.00. The number of aryl methyl sites for hydroxylation is 2. The number of hydrogen-bond acceptors (Lipinski definition) is 4. The molecule has 1 unspecified atom stereocenters. The Morgan fingerprint density at radius 3 is 2.58 bits per heavy atom. The number of anilines is 1. The molecule has 6 nitrogen and oxygen atoms in total. The molecule has 1 aliphatic rings. The van der Waals surface area contributed by atoms with Gasteiger partial charge in [-0.2, -0.15) is 0 Å². The molecule has 2 N–H and O–H groups in total. The molecule has 2 amide bonds. The predicted molar refractivity (Wildman–Crippen MR) is 120 cm³/mol. The maximum Gasteiger partial charge on any atom is 0.313 e. The molecule has 2 heterocycles. The third kappa shape index (κ3) is 4.86. The average molecular weight is 418 g/mol. The lowest BCUT2D eigenvalue weighted by Crippen LogP contribution is -2.43. The van der Waals surface area contributed by atoms with Gasteiger partial charge in [-0.1, -0.05) is 42.0 Å². The number of nitrogens with zero attached hydrogens (tertiary/aromatic N) is 1. The van der Waals surface area contributed by atoms with Crippen LogP contribution in [0.3, 0.4) is 0 Å². The van der Waals surface area contributed by atoms with Crippen LogP contribution in [0, 0.1) is 13.8 Å². The van der Waals surface area contributed by atoms with Gasteiger partial charge >= 0.3 is 11.8 Å². The van der Waals surface area contributed by atoms with Gasteiger partial charge in [0.05, 0.1) is 12.3 Å². The number of carbonyl (C=O) groups is 2. The molecule has 1 aromatic heterocycles. The van der Waals surface area contributed by atoms with Crippen molar-refractivity contribution in [2.45, 2.75) is 32.9 Å². The normalized spacial score (nSPS) is 14.5. The van der Waals surface area contributed by atoms with Crippen LogP contribution in [0.5, 0.6) is 0 Å². The van der Waals surface area contributed by atoms with E-state index >= 15 is 0 Å². The number of fused-ring (bicyclic) bond motifs is 1. The molecular formula is C25H27N3O3. The Balaban J connectivity index is 1.42. The van der Waals surface area contributed by atoms with Gasteiger partial charge < -0.3 is 15.1 Å². The zero-order valence-corrected chi connectivity index (χ0v) is 17.9. The predicted octanol–water partition coefficient (Wildman–Crippen LogP) is 3.75. The molecule has 3 aromatic rings. The van der Waals surface area contributed by atoms with Crippen LogP contribution in [-0.4, -0.2) is 29.8 Å². The molecule has 0 saturated heterocycles. The first kappa shape index (κ1) is 20.9. The first-order chi connectivity index (χ1) is 15.0. The Morgan fingerprint density at radius 1 is 1.03 bits per heavy atom. The fourth-order valence-electron chi connectivity index (χ4n) is 4.08. The van der Waals surface area contributed by atoms with Crippen LogP contribution >= 0.6 is 0 Å². The highest BCUT2D eigenvalue weighted by atomic mass is 16.3. The number of rotatable bonds is 5. The molecule has 0 spiro atoms. The monoisotopic (exact) mass is 417 g/mol. The third-order valence-corrected chi connectivity index (χ3v) is 5.76. The topological polar surface area (TPSA) is 74.6 Å². The molecule has 0 bridgehead atoms. The summed E-state index contributed by atoms with van der Waals surface area (Å²) in [5, 5.41) is 5.49. The maximum atomic E-state index is 12.5. The highest BCUT2D eigenvalue weighted by Crippen LogP contribution is 2.28. The average Bonchev–Trinajstić information content (AvgIpc) is 3.30. The standard InChI is InChI=1S/C25H27N3O3/c1-17-9-10-21(18(2)14-17)27-25(30)24(29)26-15-22(23-8-5-13-31-23)28-12-11-19-6-3-4-7-20(19)16-28/h3-10,13-14,22H,11-12,15-16H2,1-2H3,(H,26,29)(H,27,30). The van der Waals surface area contributed by atoms with Crippen molar-refractivity contribution in [3.05, 3.63) is 88.9 Å². The van der Waals surface area contributed by atoms with Gasteiger partial charge in [0.25, 0.3) is 0 Å². The van der Waals surface area contributed by atoms with Crippen molar-refractivity contribution in [3.63, 3.8) is 0 Å². The summed E-state index contributed by atoms with van der Waals surface area (Å²) in [5.74, 6) is -0.558. The molecular weight excluding hydrogens is 390 g/mol. The first-order valence-electron chi connectivity index (χ1n) is 10.5. The quantitative estimate of drug-likeness (QED) is 0.620. The van der Waals surface area contributed by atoms with Gasteiger partial charge in [0.2, 0.25) is 0 Å². The van der Waals surface area contributed by atoms with Crippen LogP contribution in [0.25, 0.3) is 0 Å². The van der Waals surface area contributed by atoms with E-state index < -0.39 is 11.8 Å². The van der Waals surface area contributed by atoms with E-state index in [1.807, 2.05) is 50.2 Å². The minimum atomic E-state index is -0.672. The largest absolute Gasteiger partial charge is 0.468 e. The van der Waals surface area contributed by atoms with Gasteiger partial charge in [0.15, 0.2) is 0 Å². The van der Waals surface area contributed by atoms with Crippen LogP contribution in [0.4, 0.5) is 5.69 Å². The zero-order valence-electron chi connectivity index (χ0n) is 17.9. The van der Waals surface area contributed by atoms with Gasteiger partial charge in [-0.15, -0.1) is 0 Å². The Bertz CT molecular complexity index is 1080. The van der Waals surface area contributed by atoms with Gasteiger partial charge in [0.1, 0.15) is 5.76 Å². The molecule has 2 aromatic carbocycles. The number of benzene rings is 2. The number of carbonyl (C=O) groups excluding carboxylic acids is 2. The van der Waals surface area contributed by atoms with E-state index in [0.29, 0.717) is 5.69 Å². The molecule has 1 aliphatic heterocycles. The van der Waals surface area contributed by atoms with Crippen molar-refractivity contribution < 1.29 is 14.0 Å². The van der Waals surface area contributed by atoms with Crippen molar-refractivity contribution in [2.75, 3.05) is 18.4 Å². The molecule has 0 radical (unpaired) electrons. The second-order valence-corrected chi connectivity index (χ2v) is 8.00. The van der Waals surface area contributed by atoms with Crippen molar-refractivity contribution in [2.24, 2.45) is 0 Å². The minimum Gasteiger partial charge on any atom is -0.468 e. The molecule has 31 heavy (non-hydrogen) atoms. The third-order valence-electron chi connectivity index (χ3n) is 5.76. The van der Waals surface area contributed by atoms with E-state index in [2.05, 4.69) is 33.7 Å². The number of amides is 2. The summed E-state index contributed by atoms with van der Waals surface area (Å²) in [5.41, 5.74) is 5.30. The summed E-state index contributed by atoms with van der Waals surface area (Å²) in [6, 6.07) is 17.7. The summed E-state index contributed by atoms with van der Waals surface area (Å²) < 4.78 is 5.66. The molecule has 160 valence electrons. The summed E-state index contributed by atoms with van der Waals surface area (Å²) in [6.07, 6.45) is 2.57. The van der Waals surface area contributed by atoms with Crippen LogP contribution in [0.2, 0.25) is 0 Å². The first-order valence-corrected chi connectivity index (χ1v) is 10.5. The number of furan rings is 1. The van der Waals surface area contributed by atoms with E-state index in [9.17, 15) is 9.59 Å². The van der Waals surface area contributed by atoms with Gasteiger partial charge in [-0.05, 0) is 55.2 Å². The number of nitrogens with one attached hydrogen (secondary N) is 2. The van der Waals surface area contributed by atoms with Crippen LogP contribution in [0.1, 0.15) is 34.1 Å². The Morgan fingerprint density at radius 2 is 1.84 bits per heavy atom. The summed E-state index contributed by atoms with van der Waals surface area (Å²) >= 11 is 0. The lowest BCUT2D eigenvalue weighted by atomic mass is 9.98. The fourth-order valence-corrected chi connectivity index (χ4v) is 4.08. The molecule has 0 fully saturated rings. The van der Waals surface area contributed by atoms with Crippen molar-refractivity contribution in [3.8, 4) is 0 Å². The van der Waals surface area contributed by atoms with Crippen LogP contribution in [-0.2, 0) is 22.6 Å². The molecule has 0 aliphatic carbocycles. The van der Waals surface area contributed by atoms with E-state index in [0.717, 1.165) is 36.4 Å². The lowest BCUT2D eigenvalue weighted by Gasteiger charge is -2.34. The molecule has 0 saturated carbocycles. The van der Waals surface area contributed by atoms with Crippen molar-refractivity contribution in [1.82, 2.24) is 10.2 Å². The van der Waals surface area contributed by atoms with E-state index in [4.69, 9.17) is 4.42 Å². The fraction of sp³-hybridized carbons (Fsp3) is 0.280. The van der Waals surface area contributed by atoms with E-state index in [-0.39, 0.29) is 12.6 Å². The lowest BCUT2D eigenvalue weighted by molar-refractivity contribution is -0.136. The molecule has 4 rings (SSSR count). The summed E-state index contributed by atoms with van der Waals surface area (Å²) in [4.78, 5) is 27.2. The Labute approximate surface area is 182 Å². The van der Waals surface area contributed by atoms with Gasteiger partial charge in [-0.25, -0.2) is 0 Å². The maximum absolute atomic E-state index is 12.5. The summed E-state index contributed by atoms with van der Waals surface area (Å²) in [6.45, 7) is 5.80. The van der Waals surface area contributed by atoms with E-state index in [1.54, 1.807) is 6.26 Å².